The fourth-order valence-electron chi connectivity index (χ4n) is 3.48. The lowest BCUT2D eigenvalue weighted by molar-refractivity contribution is 0.184. The number of likely N-dealkylation sites (tertiary alicyclic amines) is 1. The molecule has 2 saturated heterocycles. The van der Waals surface area contributed by atoms with Gasteiger partial charge in [0.1, 0.15) is 0 Å². The molecule has 3 nitrogen and oxygen atoms in total. The third-order valence-electron chi connectivity index (χ3n) is 4.68. The van der Waals surface area contributed by atoms with Crippen molar-refractivity contribution in [3.8, 4) is 0 Å². The Hall–Kier alpha value is -0.580. The molecule has 0 aliphatic carbocycles. The molecule has 2 aliphatic rings. The van der Waals surface area contributed by atoms with Crippen molar-refractivity contribution in [3.63, 3.8) is 0 Å². The average Bonchev–Trinajstić information content (AvgIpc) is 2.97. The molecule has 0 spiro atoms. The highest BCUT2D eigenvalue weighted by Crippen LogP contribution is 2.27. The monoisotopic (exact) mass is 338 g/mol. The minimum Gasteiger partial charge on any atom is -0.396 e. The number of hydrogen-bond acceptors (Lipinski definition) is 3. The van der Waals surface area contributed by atoms with Crippen LogP contribution in [0.1, 0.15) is 19.3 Å². The molecule has 1 aromatic rings. The highest BCUT2D eigenvalue weighted by molar-refractivity contribution is 9.10. The largest absolute Gasteiger partial charge is 0.396 e. The number of halogens is 1. The van der Waals surface area contributed by atoms with E-state index in [1.165, 1.54) is 18.5 Å². The zero-order valence-electron chi connectivity index (χ0n) is 11.8. The molecule has 4 heteroatoms. The summed E-state index contributed by atoms with van der Waals surface area (Å²) in [5.74, 6) is 0.498. The van der Waals surface area contributed by atoms with Crippen LogP contribution in [0.25, 0.3) is 0 Å². The lowest BCUT2D eigenvalue weighted by Gasteiger charge is -2.39. The fraction of sp³-hybridized carbons (Fsp3) is 0.625. The Balaban J connectivity index is 1.63. The van der Waals surface area contributed by atoms with Crippen LogP contribution in [-0.4, -0.2) is 48.8 Å². The first-order valence-electron chi connectivity index (χ1n) is 7.61. The summed E-state index contributed by atoms with van der Waals surface area (Å²) in [4.78, 5) is 5.10. The second-order valence-electron chi connectivity index (χ2n) is 6.05. The number of benzene rings is 1. The van der Waals surface area contributed by atoms with Gasteiger partial charge in [-0.05, 0) is 56.0 Å². The highest BCUT2D eigenvalue weighted by atomic mass is 79.9. The summed E-state index contributed by atoms with van der Waals surface area (Å²) in [6.45, 7) is 4.87. The molecule has 2 aliphatic heterocycles. The van der Waals surface area contributed by atoms with Crippen LogP contribution in [0.5, 0.6) is 0 Å². The first-order chi connectivity index (χ1) is 9.76. The van der Waals surface area contributed by atoms with E-state index in [0.29, 0.717) is 18.6 Å². The molecule has 0 bridgehead atoms. The third kappa shape index (κ3) is 3.18. The fourth-order valence-corrected chi connectivity index (χ4v) is 3.75. The number of rotatable bonds is 3. The van der Waals surface area contributed by atoms with Gasteiger partial charge in [0.15, 0.2) is 0 Å². The number of anilines is 1. The van der Waals surface area contributed by atoms with Gasteiger partial charge in [0.2, 0.25) is 0 Å². The van der Waals surface area contributed by atoms with Gasteiger partial charge in [-0.1, -0.05) is 15.9 Å². The molecule has 110 valence electrons. The van der Waals surface area contributed by atoms with E-state index in [0.717, 1.165) is 37.1 Å². The first kappa shape index (κ1) is 14.4. The van der Waals surface area contributed by atoms with Gasteiger partial charge in [-0.2, -0.15) is 0 Å². The van der Waals surface area contributed by atoms with Crippen LogP contribution in [0.15, 0.2) is 28.7 Å². The summed E-state index contributed by atoms with van der Waals surface area (Å²) in [5, 5.41) is 9.30. The molecule has 2 atom stereocenters. The van der Waals surface area contributed by atoms with Crippen LogP contribution in [0, 0.1) is 5.92 Å². The Morgan fingerprint density at radius 3 is 2.60 bits per heavy atom. The smallest absolute Gasteiger partial charge is 0.0471 e. The molecule has 0 aromatic heterocycles. The predicted molar refractivity (Wildman–Crippen MR) is 86.1 cm³/mol. The van der Waals surface area contributed by atoms with Gasteiger partial charge >= 0.3 is 0 Å². The van der Waals surface area contributed by atoms with Crippen molar-refractivity contribution in [2.75, 3.05) is 37.7 Å². The maximum absolute atomic E-state index is 9.30. The first-order valence-corrected chi connectivity index (χ1v) is 8.41. The summed E-state index contributed by atoms with van der Waals surface area (Å²) in [7, 11) is 0. The standard InChI is InChI=1S/C16H23BrN2O/c17-14-3-5-15(6-4-14)18-8-1-2-16(11-18)19-9-7-13(10-19)12-20/h3-6,13,16,20H,1-2,7-12H2. The molecule has 0 amide bonds. The van der Waals surface area contributed by atoms with Gasteiger partial charge < -0.3 is 10.0 Å². The Bertz CT molecular complexity index is 437. The molecule has 0 saturated carbocycles. The minimum absolute atomic E-state index is 0.347. The van der Waals surface area contributed by atoms with E-state index in [2.05, 4.69) is 50.0 Å². The SMILES string of the molecule is OCC1CCN(C2CCCN(c3ccc(Br)cc3)C2)C1. The van der Waals surface area contributed by atoms with Gasteiger partial charge in [0.05, 0.1) is 0 Å². The third-order valence-corrected chi connectivity index (χ3v) is 5.21. The van der Waals surface area contributed by atoms with Crippen LogP contribution in [0.4, 0.5) is 5.69 Å². The summed E-state index contributed by atoms with van der Waals surface area (Å²) >= 11 is 3.50. The average molecular weight is 339 g/mol. The highest BCUT2D eigenvalue weighted by Gasteiger charge is 2.30. The summed E-state index contributed by atoms with van der Waals surface area (Å²) in [5.41, 5.74) is 1.33. The molecule has 1 aromatic carbocycles. The van der Waals surface area contributed by atoms with E-state index in [1.807, 2.05) is 0 Å². The van der Waals surface area contributed by atoms with Gasteiger partial charge in [-0.25, -0.2) is 0 Å². The summed E-state index contributed by atoms with van der Waals surface area (Å²) in [6.07, 6.45) is 3.72. The van der Waals surface area contributed by atoms with E-state index in [4.69, 9.17) is 0 Å². The molecular weight excluding hydrogens is 316 g/mol. The Labute approximate surface area is 129 Å². The van der Waals surface area contributed by atoms with E-state index in [1.54, 1.807) is 0 Å². The molecule has 2 unspecified atom stereocenters. The molecule has 2 heterocycles. The van der Waals surface area contributed by atoms with E-state index in [-0.39, 0.29) is 0 Å². The Kier molecular flexibility index (Phi) is 4.64. The van der Waals surface area contributed by atoms with Crippen molar-refractivity contribution >= 4 is 21.6 Å². The van der Waals surface area contributed by atoms with Crippen molar-refractivity contribution < 1.29 is 5.11 Å². The minimum atomic E-state index is 0.347. The Morgan fingerprint density at radius 2 is 1.90 bits per heavy atom. The second kappa shape index (κ2) is 6.46. The topological polar surface area (TPSA) is 26.7 Å². The number of aliphatic hydroxyl groups excluding tert-OH is 1. The molecule has 1 N–H and O–H groups in total. The Morgan fingerprint density at radius 1 is 1.10 bits per heavy atom. The normalized spacial score (nSPS) is 28.0. The summed E-state index contributed by atoms with van der Waals surface area (Å²) in [6, 6.07) is 9.30. The quantitative estimate of drug-likeness (QED) is 0.917. The van der Waals surface area contributed by atoms with Crippen LogP contribution < -0.4 is 4.90 Å². The van der Waals surface area contributed by atoms with Crippen LogP contribution >= 0.6 is 15.9 Å². The van der Waals surface area contributed by atoms with E-state index in [9.17, 15) is 5.11 Å². The van der Waals surface area contributed by atoms with Crippen molar-refractivity contribution in [1.82, 2.24) is 4.90 Å². The lowest BCUT2D eigenvalue weighted by atomic mass is 10.0. The van der Waals surface area contributed by atoms with Crippen molar-refractivity contribution in [2.24, 2.45) is 5.92 Å². The summed E-state index contributed by atoms with van der Waals surface area (Å²) < 4.78 is 1.14. The van der Waals surface area contributed by atoms with Crippen LogP contribution in [0.2, 0.25) is 0 Å². The molecule has 0 radical (unpaired) electrons. The predicted octanol–water partition coefficient (Wildman–Crippen LogP) is 2.73. The molecule has 3 rings (SSSR count). The zero-order valence-corrected chi connectivity index (χ0v) is 13.4. The lowest BCUT2D eigenvalue weighted by Crippen LogP contribution is -2.47. The van der Waals surface area contributed by atoms with Gasteiger partial charge in [-0.15, -0.1) is 0 Å². The van der Waals surface area contributed by atoms with Crippen LogP contribution in [0.3, 0.4) is 0 Å². The van der Waals surface area contributed by atoms with Crippen molar-refractivity contribution in [1.29, 1.82) is 0 Å². The van der Waals surface area contributed by atoms with Crippen LogP contribution in [-0.2, 0) is 0 Å². The van der Waals surface area contributed by atoms with E-state index >= 15 is 0 Å². The maximum Gasteiger partial charge on any atom is 0.0471 e. The van der Waals surface area contributed by atoms with Gasteiger partial charge in [0, 0.05) is 42.4 Å². The second-order valence-corrected chi connectivity index (χ2v) is 6.97. The maximum atomic E-state index is 9.30. The van der Waals surface area contributed by atoms with Crippen molar-refractivity contribution in [2.45, 2.75) is 25.3 Å². The van der Waals surface area contributed by atoms with E-state index < -0.39 is 0 Å². The number of piperidine rings is 1. The zero-order chi connectivity index (χ0) is 13.9. The molecular formula is C16H23BrN2O. The molecule has 2 fully saturated rings. The van der Waals surface area contributed by atoms with Gasteiger partial charge in [0.25, 0.3) is 0 Å². The number of nitrogens with zero attached hydrogens (tertiary/aromatic N) is 2. The van der Waals surface area contributed by atoms with Gasteiger partial charge in [-0.3, -0.25) is 4.90 Å². The van der Waals surface area contributed by atoms with Crippen molar-refractivity contribution in [3.05, 3.63) is 28.7 Å². The number of hydrogen-bond donors (Lipinski definition) is 1. The molecule has 20 heavy (non-hydrogen) atoms. The number of aliphatic hydroxyl groups is 1.